The van der Waals surface area contributed by atoms with Gasteiger partial charge in [-0.05, 0) is 37.0 Å². The van der Waals surface area contributed by atoms with Gasteiger partial charge in [0.15, 0.2) is 0 Å². The zero-order valence-corrected chi connectivity index (χ0v) is 13.9. The maximum Gasteiger partial charge on any atom is 0.338 e. The van der Waals surface area contributed by atoms with Gasteiger partial charge in [-0.3, -0.25) is 0 Å². The van der Waals surface area contributed by atoms with Crippen molar-refractivity contribution in [2.45, 2.75) is 46.1 Å². The SMILES string of the molecule is CCCCC(COCC(C)C)OC(=O)c1cccc(Cl)c1. The Morgan fingerprint density at radius 3 is 2.67 bits per heavy atom. The van der Waals surface area contributed by atoms with E-state index in [1.54, 1.807) is 24.3 Å². The molecule has 21 heavy (non-hydrogen) atoms. The van der Waals surface area contributed by atoms with Crippen LogP contribution in [-0.2, 0) is 9.47 Å². The molecular weight excluding hydrogens is 288 g/mol. The van der Waals surface area contributed by atoms with Gasteiger partial charge in [-0.25, -0.2) is 4.79 Å². The number of benzene rings is 1. The number of hydrogen-bond acceptors (Lipinski definition) is 3. The number of halogens is 1. The molecule has 3 nitrogen and oxygen atoms in total. The van der Waals surface area contributed by atoms with Crippen LogP contribution in [0.25, 0.3) is 0 Å². The number of carbonyl (C=O) groups excluding carboxylic acids is 1. The molecule has 0 aliphatic carbocycles. The lowest BCUT2D eigenvalue weighted by Gasteiger charge is -2.18. The number of esters is 1. The van der Waals surface area contributed by atoms with E-state index in [2.05, 4.69) is 20.8 Å². The molecule has 1 aromatic rings. The first kappa shape index (κ1) is 18.0. The number of ether oxygens (including phenoxy) is 2. The highest BCUT2D eigenvalue weighted by molar-refractivity contribution is 6.30. The summed E-state index contributed by atoms with van der Waals surface area (Å²) >= 11 is 5.90. The van der Waals surface area contributed by atoms with E-state index in [1.165, 1.54) is 0 Å². The van der Waals surface area contributed by atoms with E-state index in [4.69, 9.17) is 21.1 Å². The zero-order chi connectivity index (χ0) is 15.7. The molecule has 1 rings (SSSR count). The van der Waals surface area contributed by atoms with Gasteiger partial charge < -0.3 is 9.47 Å². The average Bonchev–Trinajstić information content (AvgIpc) is 2.44. The number of hydrogen-bond donors (Lipinski definition) is 0. The first-order valence-corrected chi connectivity index (χ1v) is 7.95. The van der Waals surface area contributed by atoms with Crippen molar-refractivity contribution in [3.63, 3.8) is 0 Å². The van der Waals surface area contributed by atoms with Gasteiger partial charge in [0.1, 0.15) is 6.10 Å². The van der Waals surface area contributed by atoms with Crippen LogP contribution < -0.4 is 0 Å². The van der Waals surface area contributed by atoms with Gasteiger partial charge >= 0.3 is 5.97 Å². The molecule has 118 valence electrons. The van der Waals surface area contributed by atoms with Gasteiger partial charge in [-0.15, -0.1) is 0 Å². The molecule has 0 N–H and O–H groups in total. The largest absolute Gasteiger partial charge is 0.456 e. The van der Waals surface area contributed by atoms with Crippen LogP contribution in [0.1, 0.15) is 50.4 Å². The maximum absolute atomic E-state index is 12.1. The Balaban J connectivity index is 2.55. The van der Waals surface area contributed by atoms with Crippen LogP contribution >= 0.6 is 11.6 Å². The molecule has 0 fully saturated rings. The molecule has 0 radical (unpaired) electrons. The smallest absolute Gasteiger partial charge is 0.338 e. The van der Waals surface area contributed by atoms with Crippen molar-refractivity contribution in [2.75, 3.05) is 13.2 Å². The van der Waals surface area contributed by atoms with Crippen molar-refractivity contribution in [1.82, 2.24) is 0 Å². The quantitative estimate of drug-likeness (QED) is 0.618. The second-order valence-electron chi connectivity index (χ2n) is 5.61. The van der Waals surface area contributed by atoms with Crippen molar-refractivity contribution >= 4 is 17.6 Å². The van der Waals surface area contributed by atoms with Gasteiger partial charge in [0.2, 0.25) is 0 Å². The summed E-state index contributed by atoms with van der Waals surface area (Å²) < 4.78 is 11.2. The summed E-state index contributed by atoms with van der Waals surface area (Å²) in [7, 11) is 0. The Hall–Kier alpha value is -1.06. The van der Waals surface area contributed by atoms with E-state index in [-0.39, 0.29) is 12.1 Å². The molecule has 4 heteroatoms. The van der Waals surface area contributed by atoms with Gasteiger partial charge in [-0.2, -0.15) is 0 Å². The van der Waals surface area contributed by atoms with E-state index in [1.807, 2.05) is 0 Å². The number of carbonyl (C=O) groups is 1. The third-order valence-corrected chi connectivity index (χ3v) is 3.20. The topological polar surface area (TPSA) is 35.5 Å². The highest BCUT2D eigenvalue weighted by Crippen LogP contribution is 2.14. The van der Waals surface area contributed by atoms with Crippen LogP contribution in [0.15, 0.2) is 24.3 Å². The highest BCUT2D eigenvalue weighted by atomic mass is 35.5. The lowest BCUT2D eigenvalue weighted by Crippen LogP contribution is -2.24. The Labute approximate surface area is 132 Å². The van der Waals surface area contributed by atoms with Crippen LogP contribution in [0.3, 0.4) is 0 Å². The second-order valence-corrected chi connectivity index (χ2v) is 6.05. The molecule has 0 saturated carbocycles. The van der Waals surface area contributed by atoms with E-state index in [0.29, 0.717) is 29.7 Å². The minimum absolute atomic E-state index is 0.199. The molecule has 1 unspecified atom stereocenters. The summed E-state index contributed by atoms with van der Waals surface area (Å²) in [5.74, 6) is 0.132. The zero-order valence-electron chi connectivity index (χ0n) is 13.1. The van der Waals surface area contributed by atoms with Crippen molar-refractivity contribution in [3.05, 3.63) is 34.9 Å². The number of rotatable bonds is 9. The van der Waals surface area contributed by atoms with Gasteiger partial charge in [0.25, 0.3) is 0 Å². The number of unbranched alkanes of at least 4 members (excludes halogenated alkanes) is 1. The molecule has 0 aromatic heterocycles. The fourth-order valence-corrected chi connectivity index (χ4v) is 2.07. The van der Waals surface area contributed by atoms with Crippen LogP contribution in [-0.4, -0.2) is 25.3 Å². The molecule has 0 heterocycles. The molecule has 0 spiro atoms. The second kappa shape index (κ2) is 9.80. The first-order chi connectivity index (χ1) is 10.0. The first-order valence-electron chi connectivity index (χ1n) is 7.57. The average molecular weight is 313 g/mol. The Kier molecular flexibility index (Phi) is 8.40. The monoisotopic (exact) mass is 312 g/mol. The predicted molar refractivity (Wildman–Crippen MR) is 85.8 cm³/mol. The van der Waals surface area contributed by atoms with E-state index < -0.39 is 0 Å². The lowest BCUT2D eigenvalue weighted by molar-refractivity contribution is -0.0122. The summed E-state index contributed by atoms with van der Waals surface area (Å²) in [5.41, 5.74) is 0.479. The Morgan fingerprint density at radius 1 is 1.29 bits per heavy atom. The summed E-state index contributed by atoms with van der Waals surface area (Å²) in [6, 6.07) is 6.81. The molecular formula is C17H25ClO3. The van der Waals surface area contributed by atoms with Gasteiger partial charge in [0.05, 0.1) is 12.2 Å². The molecule has 0 amide bonds. The lowest BCUT2D eigenvalue weighted by atomic mass is 10.1. The van der Waals surface area contributed by atoms with Crippen LogP contribution in [0.5, 0.6) is 0 Å². The molecule has 0 saturated heterocycles. The highest BCUT2D eigenvalue weighted by Gasteiger charge is 2.16. The van der Waals surface area contributed by atoms with E-state index in [9.17, 15) is 4.79 Å². The fourth-order valence-electron chi connectivity index (χ4n) is 1.88. The standard InChI is InChI=1S/C17H25ClO3/c1-4-5-9-16(12-20-11-13(2)3)21-17(19)14-7-6-8-15(18)10-14/h6-8,10,13,16H,4-5,9,11-12H2,1-3H3. The predicted octanol–water partition coefficient (Wildman–Crippen LogP) is 4.73. The third kappa shape index (κ3) is 7.49. The van der Waals surface area contributed by atoms with Crippen LogP contribution in [0.4, 0.5) is 0 Å². The minimum Gasteiger partial charge on any atom is -0.456 e. The van der Waals surface area contributed by atoms with Gasteiger partial charge in [0, 0.05) is 11.6 Å². The summed E-state index contributed by atoms with van der Waals surface area (Å²) in [4.78, 5) is 12.1. The van der Waals surface area contributed by atoms with Gasteiger partial charge in [-0.1, -0.05) is 44.9 Å². The molecule has 0 aliphatic rings. The molecule has 0 bridgehead atoms. The normalized spacial score (nSPS) is 12.4. The van der Waals surface area contributed by atoms with E-state index in [0.717, 1.165) is 19.3 Å². The molecule has 1 aromatic carbocycles. The van der Waals surface area contributed by atoms with Crippen molar-refractivity contribution in [3.8, 4) is 0 Å². The third-order valence-electron chi connectivity index (χ3n) is 2.97. The minimum atomic E-state index is -0.341. The van der Waals surface area contributed by atoms with Crippen LogP contribution in [0, 0.1) is 5.92 Å². The Morgan fingerprint density at radius 2 is 2.05 bits per heavy atom. The summed E-state index contributed by atoms with van der Waals surface area (Å²) in [5, 5.41) is 0.533. The van der Waals surface area contributed by atoms with E-state index >= 15 is 0 Å². The van der Waals surface area contributed by atoms with Crippen molar-refractivity contribution in [2.24, 2.45) is 5.92 Å². The Bertz CT molecular complexity index is 432. The maximum atomic E-state index is 12.1. The van der Waals surface area contributed by atoms with Crippen molar-refractivity contribution in [1.29, 1.82) is 0 Å². The summed E-state index contributed by atoms with van der Waals surface area (Å²) in [6.07, 6.45) is 2.70. The summed E-state index contributed by atoms with van der Waals surface area (Å²) in [6.45, 7) is 7.44. The van der Waals surface area contributed by atoms with Crippen molar-refractivity contribution < 1.29 is 14.3 Å². The fraction of sp³-hybridized carbons (Fsp3) is 0.588. The van der Waals surface area contributed by atoms with Crippen LogP contribution in [0.2, 0.25) is 5.02 Å². The molecule has 1 atom stereocenters. The molecule has 0 aliphatic heterocycles.